The van der Waals surface area contributed by atoms with Crippen molar-refractivity contribution in [3.8, 4) is 0 Å². The molecule has 2 bridgehead atoms. The average molecular weight is 430 g/mol. The molecular formula is C28H35N3O. The van der Waals surface area contributed by atoms with Crippen LogP contribution >= 0.6 is 0 Å². The number of para-hydroxylation sites is 2. The van der Waals surface area contributed by atoms with Crippen molar-refractivity contribution in [3.63, 3.8) is 0 Å². The van der Waals surface area contributed by atoms with E-state index in [1.165, 1.54) is 23.1 Å². The van der Waals surface area contributed by atoms with E-state index >= 15 is 0 Å². The third-order valence-corrected chi connectivity index (χ3v) is 7.64. The number of aromatic nitrogens is 2. The number of nitrogens with one attached hydrogen (secondary N) is 1. The van der Waals surface area contributed by atoms with Gasteiger partial charge in [0.15, 0.2) is 0 Å². The normalized spacial score (nSPS) is 24.9. The van der Waals surface area contributed by atoms with Crippen molar-refractivity contribution in [3.05, 3.63) is 71.6 Å². The van der Waals surface area contributed by atoms with E-state index in [0.29, 0.717) is 5.92 Å². The summed E-state index contributed by atoms with van der Waals surface area (Å²) in [7, 11) is 2.18. The number of nitrogens with zero attached hydrogens (tertiary/aromatic N) is 2. The third-order valence-electron chi connectivity index (χ3n) is 7.64. The Morgan fingerprint density at radius 2 is 1.91 bits per heavy atom. The zero-order chi connectivity index (χ0) is 22.1. The van der Waals surface area contributed by atoms with Crippen LogP contribution in [0.5, 0.6) is 0 Å². The molecule has 4 nitrogen and oxygen atoms in total. The van der Waals surface area contributed by atoms with Crippen LogP contribution in [-0.4, -0.2) is 45.7 Å². The smallest absolute Gasteiger partial charge is 0.107 e. The highest BCUT2D eigenvalue weighted by Gasteiger charge is 2.46. The molecule has 1 heterocycles. The number of fused-ring (bicyclic) bond motifs is 3. The molecule has 0 aliphatic heterocycles. The number of hydrogen-bond acceptors (Lipinski definition) is 3. The van der Waals surface area contributed by atoms with Gasteiger partial charge in [-0.2, -0.15) is 0 Å². The number of allylic oxidation sites excluding steroid dienone is 1. The van der Waals surface area contributed by atoms with Gasteiger partial charge in [-0.1, -0.05) is 48.0 Å². The van der Waals surface area contributed by atoms with E-state index in [9.17, 15) is 5.11 Å². The molecule has 0 radical (unpaired) electrons. The summed E-state index contributed by atoms with van der Waals surface area (Å²) >= 11 is 0. The highest BCUT2D eigenvalue weighted by Crippen LogP contribution is 2.51. The number of hydrogen-bond donors (Lipinski definition) is 2. The molecule has 0 spiro atoms. The van der Waals surface area contributed by atoms with Gasteiger partial charge in [0.25, 0.3) is 0 Å². The number of aromatic amines is 1. The summed E-state index contributed by atoms with van der Waals surface area (Å²) < 4.78 is 0. The van der Waals surface area contributed by atoms with Crippen molar-refractivity contribution in [2.75, 3.05) is 20.1 Å². The molecule has 3 aliphatic carbocycles. The summed E-state index contributed by atoms with van der Waals surface area (Å²) in [5.41, 5.74) is 5.71. The molecule has 0 amide bonds. The highest BCUT2D eigenvalue weighted by molar-refractivity contribution is 5.74. The predicted octanol–water partition coefficient (Wildman–Crippen LogP) is 5.37. The second-order valence-corrected chi connectivity index (χ2v) is 10.0. The zero-order valence-electron chi connectivity index (χ0n) is 19.3. The van der Waals surface area contributed by atoms with E-state index in [-0.39, 0.29) is 5.92 Å². The topological polar surface area (TPSA) is 52.1 Å². The number of aliphatic hydroxyl groups is 1. The quantitative estimate of drug-likeness (QED) is 0.506. The fourth-order valence-corrected chi connectivity index (χ4v) is 5.69. The second-order valence-electron chi connectivity index (χ2n) is 10.0. The van der Waals surface area contributed by atoms with Gasteiger partial charge in [0, 0.05) is 18.9 Å². The van der Waals surface area contributed by atoms with Gasteiger partial charge in [0.05, 0.1) is 16.6 Å². The van der Waals surface area contributed by atoms with Gasteiger partial charge >= 0.3 is 0 Å². The fourth-order valence-electron chi connectivity index (χ4n) is 5.69. The van der Waals surface area contributed by atoms with Gasteiger partial charge in [-0.3, -0.25) is 0 Å². The Morgan fingerprint density at radius 1 is 1.09 bits per heavy atom. The minimum atomic E-state index is -0.551. The highest BCUT2D eigenvalue weighted by atomic mass is 16.3. The van der Waals surface area contributed by atoms with Crippen molar-refractivity contribution in [1.29, 1.82) is 0 Å². The molecule has 3 atom stereocenters. The van der Waals surface area contributed by atoms with Gasteiger partial charge < -0.3 is 15.0 Å². The van der Waals surface area contributed by atoms with E-state index in [1.54, 1.807) is 0 Å². The molecule has 1 fully saturated rings. The van der Waals surface area contributed by atoms with Crippen LogP contribution in [-0.2, 0) is 6.42 Å². The number of aryl methyl sites for hydroxylation is 2. The van der Waals surface area contributed by atoms with Crippen molar-refractivity contribution in [2.45, 2.75) is 51.0 Å². The first kappa shape index (κ1) is 21.4. The Labute approximate surface area is 191 Å². The van der Waals surface area contributed by atoms with Crippen molar-refractivity contribution in [2.24, 2.45) is 11.8 Å². The van der Waals surface area contributed by atoms with Gasteiger partial charge in [-0.25, -0.2) is 4.98 Å². The molecule has 4 heteroatoms. The number of imidazole rings is 1. The molecule has 0 saturated heterocycles. The molecule has 6 rings (SSSR count). The third kappa shape index (κ3) is 4.39. The van der Waals surface area contributed by atoms with Gasteiger partial charge in [0.1, 0.15) is 5.82 Å². The molecule has 2 unspecified atom stereocenters. The van der Waals surface area contributed by atoms with Crippen LogP contribution in [0.2, 0.25) is 0 Å². The van der Waals surface area contributed by atoms with Crippen LogP contribution in [0.15, 0.2) is 54.6 Å². The molecule has 2 N–H and O–H groups in total. The van der Waals surface area contributed by atoms with Gasteiger partial charge in [-0.05, 0) is 81.8 Å². The Morgan fingerprint density at radius 3 is 2.66 bits per heavy atom. The Kier molecular flexibility index (Phi) is 5.92. The van der Waals surface area contributed by atoms with E-state index in [0.717, 1.165) is 62.1 Å². The molecular weight excluding hydrogens is 394 g/mol. The van der Waals surface area contributed by atoms with Crippen molar-refractivity contribution < 1.29 is 5.11 Å². The summed E-state index contributed by atoms with van der Waals surface area (Å²) in [6.45, 7) is 4.09. The summed E-state index contributed by atoms with van der Waals surface area (Å²) in [6.07, 6.45) is 8.50. The predicted molar refractivity (Wildman–Crippen MR) is 131 cm³/mol. The standard InChI is InChI=1S/C28H35N3O/c1-20-9-11-21(12-10-20)24-18-23-14-13-22(24)19-28(23,32)15-17-31(2)16-5-8-27-29-25-6-3-4-7-26(25)30-27/h3-4,6-7,9-12,18,22-23,32H,5,8,13-17,19H2,1-2H3,(H,29,30)/t22?,23?,28-/m0/s1. The molecule has 2 aromatic carbocycles. The lowest BCUT2D eigenvalue weighted by atomic mass is 9.61. The van der Waals surface area contributed by atoms with E-state index in [1.807, 2.05) is 12.1 Å². The largest absolute Gasteiger partial charge is 0.389 e. The average Bonchev–Trinajstić information content (AvgIpc) is 3.21. The first-order chi connectivity index (χ1) is 15.5. The number of H-pyrrole nitrogens is 1. The molecule has 32 heavy (non-hydrogen) atoms. The lowest BCUT2D eigenvalue weighted by molar-refractivity contribution is -0.0574. The maximum atomic E-state index is 11.5. The van der Waals surface area contributed by atoms with Crippen LogP contribution in [0.25, 0.3) is 16.6 Å². The first-order valence-corrected chi connectivity index (χ1v) is 12.1. The molecule has 1 saturated carbocycles. The summed E-state index contributed by atoms with van der Waals surface area (Å²) in [5.74, 6) is 1.84. The molecule has 3 aliphatic rings. The summed E-state index contributed by atoms with van der Waals surface area (Å²) in [6, 6.07) is 17.1. The van der Waals surface area contributed by atoms with Crippen LogP contribution in [0, 0.1) is 18.8 Å². The zero-order valence-corrected chi connectivity index (χ0v) is 19.3. The second kappa shape index (κ2) is 8.84. The molecule has 3 aromatic rings. The maximum absolute atomic E-state index is 11.5. The van der Waals surface area contributed by atoms with Gasteiger partial charge in [-0.15, -0.1) is 0 Å². The van der Waals surface area contributed by atoms with Gasteiger partial charge in [0.2, 0.25) is 0 Å². The summed E-state index contributed by atoms with van der Waals surface area (Å²) in [5, 5.41) is 11.5. The Bertz CT molecular complexity index is 1070. The maximum Gasteiger partial charge on any atom is 0.107 e. The van der Waals surface area contributed by atoms with E-state index < -0.39 is 5.60 Å². The lowest BCUT2D eigenvalue weighted by Crippen LogP contribution is -2.48. The van der Waals surface area contributed by atoms with Crippen LogP contribution in [0.3, 0.4) is 0 Å². The van der Waals surface area contributed by atoms with Crippen LogP contribution in [0.1, 0.15) is 49.1 Å². The minimum Gasteiger partial charge on any atom is -0.389 e. The monoisotopic (exact) mass is 429 g/mol. The van der Waals surface area contributed by atoms with Crippen LogP contribution in [0.4, 0.5) is 0 Å². The SMILES string of the molecule is Cc1ccc(C2=CC3CCC2C[C@@]3(O)CCN(C)CCCc2nc3ccccc3[nH]2)cc1. The van der Waals surface area contributed by atoms with Crippen molar-refractivity contribution >= 4 is 16.6 Å². The van der Waals surface area contributed by atoms with E-state index in [4.69, 9.17) is 0 Å². The lowest BCUT2D eigenvalue weighted by Gasteiger charge is -2.48. The fraction of sp³-hybridized carbons (Fsp3) is 0.464. The van der Waals surface area contributed by atoms with E-state index in [2.05, 4.69) is 71.3 Å². The number of benzene rings is 2. The molecule has 1 aromatic heterocycles. The minimum absolute atomic E-state index is 0.285. The Balaban J connectivity index is 1.14. The number of rotatable bonds is 8. The van der Waals surface area contributed by atoms with Crippen molar-refractivity contribution in [1.82, 2.24) is 14.9 Å². The summed E-state index contributed by atoms with van der Waals surface area (Å²) in [4.78, 5) is 10.5. The molecule has 168 valence electrons. The Hall–Kier alpha value is -2.43. The van der Waals surface area contributed by atoms with Crippen LogP contribution < -0.4 is 0 Å². The first-order valence-electron chi connectivity index (χ1n) is 12.1.